The molecule has 4 heteroatoms. The van der Waals surface area contributed by atoms with Crippen LogP contribution in [0.2, 0.25) is 0 Å². The summed E-state index contributed by atoms with van der Waals surface area (Å²) in [4.78, 5) is 17.9. The van der Waals surface area contributed by atoms with Gasteiger partial charge in [0, 0.05) is 41.8 Å². The summed E-state index contributed by atoms with van der Waals surface area (Å²) >= 11 is 0. The van der Waals surface area contributed by atoms with E-state index in [1.54, 1.807) is 0 Å². The molecule has 1 aromatic heterocycles. The molecule has 1 amide bonds. The number of nitrogens with zero attached hydrogens (tertiary/aromatic N) is 1. The van der Waals surface area contributed by atoms with E-state index in [1.807, 2.05) is 35.4 Å². The van der Waals surface area contributed by atoms with Gasteiger partial charge >= 0.3 is 0 Å². The smallest absolute Gasteiger partial charge is 0.254 e. The summed E-state index contributed by atoms with van der Waals surface area (Å²) in [6.45, 7) is 3.68. The van der Waals surface area contributed by atoms with E-state index in [0.717, 1.165) is 42.4 Å². The lowest BCUT2D eigenvalue weighted by atomic mass is 9.90. The predicted octanol–water partition coefficient (Wildman–Crippen LogP) is 2.37. The molecule has 0 saturated carbocycles. The molecule has 2 heterocycles. The Bertz CT molecular complexity index is 619. The van der Waals surface area contributed by atoms with Gasteiger partial charge in [-0.3, -0.25) is 4.79 Å². The minimum Gasteiger partial charge on any atom is -0.361 e. The molecule has 0 radical (unpaired) electrons. The Labute approximate surface area is 118 Å². The second-order valence-corrected chi connectivity index (χ2v) is 5.62. The molecule has 0 spiro atoms. The van der Waals surface area contributed by atoms with Gasteiger partial charge < -0.3 is 15.6 Å². The number of carbonyl (C=O) groups excluding carboxylic acids is 1. The lowest BCUT2D eigenvalue weighted by Crippen LogP contribution is -2.49. The van der Waals surface area contributed by atoms with Crippen LogP contribution in [0, 0.1) is 5.92 Å². The van der Waals surface area contributed by atoms with Crippen LogP contribution in [-0.2, 0) is 0 Å². The topological polar surface area (TPSA) is 62.1 Å². The van der Waals surface area contributed by atoms with Crippen molar-refractivity contribution in [1.29, 1.82) is 0 Å². The average Bonchev–Trinajstić information content (AvgIpc) is 2.95. The van der Waals surface area contributed by atoms with E-state index in [1.165, 1.54) is 0 Å². The monoisotopic (exact) mass is 271 g/mol. The first kappa shape index (κ1) is 13.2. The number of rotatable bonds is 2. The van der Waals surface area contributed by atoms with Gasteiger partial charge in [0.2, 0.25) is 0 Å². The number of hydrogen-bond donors (Lipinski definition) is 2. The molecule has 3 rings (SSSR count). The second kappa shape index (κ2) is 5.29. The van der Waals surface area contributed by atoms with E-state index >= 15 is 0 Å². The Hall–Kier alpha value is -1.81. The summed E-state index contributed by atoms with van der Waals surface area (Å²) in [5.74, 6) is 0.540. The van der Waals surface area contributed by atoms with E-state index in [0.29, 0.717) is 5.92 Å². The first-order chi connectivity index (χ1) is 9.70. The van der Waals surface area contributed by atoms with Gasteiger partial charge in [0.25, 0.3) is 5.91 Å². The molecule has 4 nitrogen and oxygen atoms in total. The number of hydrogen-bond acceptors (Lipinski definition) is 2. The Morgan fingerprint density at radius 1 is 1.45 bits per heavy atom. The predicted molar refractivity (Wildman–Crippen MR) is 80.6 cm³/mol. The summed E-state index contributed by atoms with van der Waals surface area (Å²) < 4.78 is 0. The molecule has 2 aromatic rings. The zero-order valence-electron chi connectivity index (χ0n) is 11.8. The molecule has 3 N–H and O–H groups in total. The molecule has 0 aliphatic carbocycles. The number of H-pyrrole nitrogens is 1. The van der Waals surface area contributed by atoms with Crippen LogP contribution in [0.4, 0.5) is 0 Å². The summed E-state index contributed by atoms with van der Waals surface area (Å²) in [6.07, 6.45) is 3.80. The van der Waals surface area contributed by atoms with E-state index in [-0.39, 0.29) is 11.9 Å². The number of likely N-dealkylation sites (tertiary alicyclic amines) is 1. The van der Waals surface area contributed by atoms with Crippen molar-refractivity contribution in [2.24, 2.45) is 11.7 Å². The largest absolute Gasteiger partial charge is 0.361 e. The lowest BCUT2D eigenvalue weighted by Gasteiger charge is -2.36. The number of benzene rings is 1. The molecule has 1 aliphatic rings. The molecule has 1 aromatic carbocycles. The van der Waals surface area contributed by atoms with Gasteiger partial charge in [-0.25, -0.2) is 0 Å². The quantitative estimate of drug-likeness (QED) is 0.881. The number of nitrogens with one attached hydrogen (secondary N) is 1. The van der Waals surface area contributed by atoms with Crippen molar-refractivity contribution >= 4 is 16.8 Å². The zero-order chi connectivity index (χ0) is 14.1. The average molecular weight is 271 g/mol. The fourth-order valence-corrected chi connectivity index (χ4v) is 3.11. The standard InChI is InChI=1S/C16H21N3O/c1-2-11-10-19(9-7-14(11)17)16(20)13-4-3-5-15-12(13)6-8-18-15/h3-6,8,11,14,18H,2,7,9-10,17H2,1H3. The van der Waals surface area contributed by atoms with Crippen molar-refractivity contribution in [2.75, 3.05) is 13.1 Å². The highest BCUT2D eigenvalue weighted by molar-refractivity contribution is 6.06. The molecular weight excluding hydrogens is 250 g/mol. The van der Waals surface area contributed by atoms with Crippen molar-refractivity contribution < 1.29 is 4.79 Å². The van der Waals surface area contributed by atoms with Crippen molar-refractivity contribution in [3.05, 3.63) is 36.0 Å². The van der Waals surface area contributed by atoms with Gasteiger partial charge in [-0.1, -0.05) is 19.4 Å². The minimum absolute atomic E-state index is 0.126. The number of amides is 1. The minimum atomic E-state index is 0.126. The molecular formula is C16H21N3O. The van der Waals surface area contributed by atoms with Crippen LogP contribution in [0.25, 0.3) is 10.9 Å². The van der Waals surface area contributed by atoms with Gasteiger partial charge in [0.1, 0.15) is 0 Å². The highest BCUT2D eigenvalue weighted by Gasteiger charge is 2.29. The van der Waals surface area contributed by atoms with E-state index < -0.39 is 0 Å². The molecule has 2 atom stereocenters. The van der Waals surface area contributed by atoms with Gasteiger partial charge in [-0.2, -0.15) is 0 Å². The number of fused-ring (bicyclic) bond motifs is 1. The molecule has 106 valence electrons. The molecule has 0 bridgehead atoms. The number of aromatic nitrogens is 1. The maximum atomic E-state index is 12.8. The third-order valence-electron chi connectivity index (χ3n) is 4.43. The van der Waals surface area contributed by atoms with Crippen molar-refractivity contribution in [1.82, 2.24) is 9.88 Å². The van der Waals surface area contributed by atoms with Crippen molar-refractivity contribution in [3.63, 3.8) is 0 Å². The summed E-state index contributed by atoms with van der Waals surface area (Å²) in [5.41, 5.74) is 7.92. The van der Waals surface area contributed by atoms with Gasteiger partial charge in [0.05, 0.1) is 0 Å². The number of aromatic amines is 1. The highest BCUT2D eigenvalue weighted by Crippen LogP contribution is 2.23. The van der Waals surface area contributed by atoms with Gasteiger partial charge in [-0.05, 0) is 30.5 Å². The van der Waals surface area contributed by atoms with Crippen LogP contribution < -0.4 is 5.73 Å². The van der Waals surface area contributed by atoms with Crippen LogP contribution in [0.5, 0.6) is 0 Å². The molecule has 1 saturated heterocycles. The van der Waals surface area contributed by atoms with Crippen LogP contribution in [0.1, 0.15) is 30.1 Å². The molecule has 2 unspecified atom stereocenters. The van der Waals surface area contributed by atoms with Crippen LogP contribution >= 0.6 is 0 Å². The second-order valence-electron chi connectivity index (χ2n) is 5.62. The summed E-state index contributed by atoms with van der Waals surface area (Å²) in [7, 11) is 0. The van der Waals surface area contributed by atoms with Gasteiger partial charge in [0.15, 0.2) is 0 Å². The summed E-state index contributed by atoms with van der Waals surface area (Å²) in [5, 5.41) is 1.00. The Balaban J connectivity index is 1.87. The van der Waals surface area contributed by atoms with Gasteiger partial charge in [-0.15, -0.1) is 0 Å². The maximum Gasteiger partial charge on any atom is 0.254 e. The first-order valence-electron chi connectivity index (χ1n) is 7.31. The fraction of sp³-hybridized carbons (Fsp3) is 0.438. The zero-order valence-corrected chi connectivity index (χ0v) is 11.8. The van der Waals surface area contributed by atoms with Crippen molar-refractivity contribution in [3.8, 4) is 0 Å². The molecule has 1 fully saturated rings. The maximum absolute atomic E-state index is 12.8. The SMILES string of the molecule is CCC1CN(C(=O)c2cccc3[nH]ccc23)CCC1N. The van der Waals surface area contributed by atoms with Crippen LogP contribution in [0.3, 0.4) is 0 Å². The number of carbonyl (C=O) groups is 1. The first-order valence-corrected chi connectivity index (χ1v) is 7.31. The molecule has 20 heavy (non-hydrogen) atoms. The number of nitrogens with two attached hydrogens (primary N) is 1. The van der Waals surface area contributed by atoms with E-state index in [9.17, 15) is 4.79 Å². The number of piperidine rings is 1. The Morgan fingerprint density at radius 2 is 2.30 bits per heavy atom. The normalized spacial score (nSPS) is 23.2. The highest BCUT2D eigenvalue weighted by atomic mass is 16.2. The van der Waals surface area contributed by atoms with Crippen LogP contribution in [0.15, 0.2) is 30.5 Å². The third-order valence-corrected chi connectivity index (χ3v) is 4.43. The Kier molecular flexibility index (Phi) is 3.49. The third kappa shape index (κ3) is 2.20. The van der Waals surface area contributed by atoms with E-state index in [4.69, 9.17) is 5.73 Å². The fourth-order valence-electron chi connectivity index (χ4n) is 3.11. The lowest BCUT2D eigenvalue weighted by molar-refractivity contribution is 0.0651. The van der Waals surface area contributed by atoms with E-state index in [2.05, 4.69) is 11.9 Å². The Morgan fingerprint density at radius 3 is 3.10 bits per heavy atom. The van der Waals surface area contributed by atoms with Crippen molar-refractivity contribution in [2.45, 2.75) is 25.8 Å². The summed E-state index contributed by atoms with van der Waals surface area (Å²) in [6, 6.07) is 8.03. The van der Waals surface area contributed by atoms with Crippen LogP contribution in [-0.4, -0.2) is 34.9 Å². The molecule has 1 aliphatic heterocycles.